The van der Waals surface area contributed by atoms with Crippen LogP contribution in [0.5, 0.6) is 0 Å². The molecule has 17 heavy (non-hydrogen) atoms. The number of carboxylic acid groups (broad SMARTS) is 1. The maximum atomic E-state index is 10.4. The van der Waals surface area contributed by atoms with E-state index in [1.807, 2.05) is 31.2 Å². The van der Waals surface area contributed by atoms with Gasteiger partial charge >= 0.3 is 5.97 Å². The first-order chi connectivity index (χ1) is 8.16. The van der Waals surface area contributed by atoms with Gasteiger partial charge in [0, 0.05) is 11.6 Å². The third kappa shape index (κ3) is 2.60. The quantitative estimate of drug-likeness (QED) is 0.793. The highest BCUT2D eigenvalue weighted by Gasteiger charge is 2.03. The van der Waals surface area contributed by atoms with Gasteiger partial charge in [-0.25, -0.2) is 9.78 Å². The maximum absolute atomic E-state index is 10.4. The number of benzene rings is 1. The predicted molar refractivity (Wildman–Crippen MR) is 65.4 cm³/mol. The summed E-state index contributed by atoms with van der Waals surface area (Å²) in [7, 11) is 0. The molecular weight excluding hydrogens is 216 g/mol. The fourth-order valence-electron chi connectivity index (χ4n) is 1.58. The molecule has 0 atom stereocenters. The largest absolute Gasteiger partial charge is 0.478 e. The van der Waals surface area contributed by atoms with Crippen LogP contribution in [0.25, 0.3) is 17.3 Å². The highest BCUT2D eigenvalue weighted by Crippen LogP contribution is 2.21. The van der Waals surface area contributed by atoms with Crippen LogP contribution in [0, 0.1) is 6.92 Å². The molecular formula is C13H12N2O2. The van der Waals surface area contributed by atoms with Crippen molar-refractivity contribution in [3.8, 4) is 11.3 Å². The Morgan fingerprint density at radius 3 is 2.88 bits per heavy atom. The van der Waals surface area contributed by atoms with Crippen LogP contribution in [0.15, 0.2) is 36.5 Å². The summed E-state index contributed by atoms with van der Waals surface area (Å²) in [5.74, 6) is -0.454. The molecule has 0 fully saturated rings. The van der Waals surface area contributed by atoms with Crippen LogP contribution >= 0.6 is 0 Å². The number of imidazole rings is 1. The third-order valence-corrected chi connectivity index (χ3v) is 2.41. The SMILES string of the molecule is Cc1ccccc1-c1cnc(/C=C/C(=O)O)[nH]1. The van der Waals surface area contributed by atoms with Gasteiger partial charge in [-0.05, 0) is 18.6 Å². The Labute approximate surface area is 98.6 Å². The Morgan fingerprint density at radius 2 is 2.18 bits per heavy atom. The van der Waals surface area contributed by atoms with Crippen molar-refractivity contribution in [2.75, 3.05) is 0 Å². The number of aromatic amines is 1. The molecule has 0 bridgehead atoms. The summed E-state index contributed by atoms with van der Waals surface area (Å²) in [4.78, 5) is 17.5. The molecule has 4 nitrogen and oxygen atoms in total. The van der Waals surface area contributed by atoms with E-state index in [4.69, 9.17) is 5.11 Å². The van der Waals surface area contributed by atoms with Crippen LogP contribution < -0.4 is 0 Å². The molecule has 0 unspecified atom stereocenters. The Hall–Kier alpha value is -2.36. The van der Waals surface area contributed by atoms with Gasteiger partial charge in [-0.1, -0.05) is 24.3 Å². The summed E-state index contributed by atoms with van der Waals surface area (Å²) in [6.07, 6.45) is 4.19. The number of rotatable bonds is 3. The number of nitrogens with one attached hydrogen (secondary N) is 1. The molecule has 4 heteroatoms. The number of hydrogen-bond donors (Lipinski definition) is 2. The minimum absolute atomic E-state index is 0.533. The van der Waals surface area contributed by atoms with E-state index in [0.717, 1.165) is 22.9 Å². The van der Waals surface area contributed by atoms with E-state index in [-0.39, 0.29) is 0 Å². The zero-order valence-electron chi connectivity index (χ0n) is 9.34. The number of aryl methyl sites for hydroxylation is 1. The molecule has 1 aromatic carbocycles. The van der Waals surface area contributed by atoms with E-state index in [9.17, 15) is 4.79 Å². The Morgan fingerprint density at radius 1 is 1.41 bits per heavy atom. The first-order valence-corrected chi connectivity index (χ1v) is 5.19. The van der Waals surface area contributed by atoms with Crippen LogP contribution in [0.2, 0.25) is 0 Å². The summed E-state index contributed by atoms with van der Waals surface area (Å²) in [6, 6.07) is 7.94. The summed E-state index contributed by atoms with van der Waals surface area (Å²) in [6.45, 7) is 2.02. The molecule has 0 aliphatic rings. The topological polar surface area (TPSA) is 66.0 Å². The average Bonchev–Trinajstić information content (AvgIpc) is 2.75. The van der Waals surface area contributed by atoms with Crippen LogP contribution in [-0.4, -0.2) is 21.0 Å². The number of H-pyrrole nitrogens is 1. The van der Waals surface area contributed by atoms with E-state index in [1.54, 1.807) is 6.20 Å². The lowest BCUT2D eigenvalue weighted by Crippen LogP contribution is -1.86. The molecule has 2 rings (SSSR count). The summed E-state index contributed by atoms with van der Waals surface area (Å²) in [5, 5.41) is 8.51. The van der Waals surface area contributed by atoms with Gasteiger partial charge in [-0.2, -0.15) is 0 Å². The molecule has 86 valence electrons. The molecule has 0 amide bonds. The van der Waals surface area contributed by atoms with Crippen molar-refractivity contribution in [3.63, 3.8) is 0 Å². The minimum Gasteiger partial charge on any atom is -0.478 e. The molecule has 1 aromatic heterocycles. The predicted octanol–water partition coefficient (Wildman–Crippen LogP) is 2.48. The van der Waals surface area contributed by atoms with Crippen molar-refractivity contribution in [3.05, 3.63) is 47.9 Å². The summed E-state index contributed by atoms with van der Waals surface area (Å²) in [5.41, 5.74) is 3.09. The normalized spacial score (nSPS) is 10.9. The molecule has 0 saturated heterocycles. The zero-order valence-corrected chi connectivity index (χ0v) is 9.34. The summed E-state index contributed by atoms with van der Waals surface area (Å²) >= 11 is 0. The maximum Gasteiger partial charge on any atom is 0.328 e. The van der Waals surface area contributed by atoms with Gasteiger partial charge in [0.25, 0.3) is 0 Å². The highest BCUT2D eigenvalue weighted by molar-refractivity contribution is 5.84. The van der Waals surface area contributed by atoms with Gasteiger partial charge in [0.15, 0.2) is 0 Å². The molecule has 0 aliphatic heterocycles. The molecule has 2 N–H and O–H groups in total. The van der Waals surface area contributed by atoms with Gasteiger partial charge in [-0.15, -0.1) is 0 Å². The minimum atomic E-state index is -0.987. The Kier molecular flexibility index (Phi) is 3.05. The number of aliphatic carboxylic acids is 1. The molecule has 0 spiro atoms. The van der Waals surface area contributed by atoms with E-state index >= 15 is 0 Å². The molecule has 1 heterocycles. The fraction of sp³-hybridized carbons (Fsp3) is 0.0769. The zero-order chi connectivity index (χ0) is 12.3. The van der Waals surface area contributed by atoms with Crippen molar-refractivity contribution in [2.45, 2.75) is 6.92 Å². The van der Waals surface area contributed by atoms with Crippen LogP contribution in [0.1, 0.15) is 11.4 Å². The number of carboxylic acids is 1. The molecule has 0 radical (unpaired) electrons. The molecule has 2 aromatic rings. The van der Waals surface area contributed by atoms with Crippen LogP contribution in [0.3, 0.4) is 0 Å². The second-order valence-corrected chi connectivity index (χ2v) is 3.67. The standard InChI is InChI=1S/C13H12N2O2/c1-9-4-2-3-5-10(9)11-8-14-12(15-11)6-7-13(16)17/h2-8H,1H3,(H,14,15)(H,16,17)/b7-6+. The van der Waals surface area contributed by atoms with Gasteiger partial charge in [0.1, 0.15) is 5.82 Å². The van der Waals surface area contributed by atoms with Crippen LogP contribution in [0.4, 0.5) is 0 Å². The van der Waals surface area contributed by atoms with Gasteiger partial charge in [0.05, 0.1) is 11.9 Å². The van der Waals surface area contributed by atoms with E-state index in [0.29, 0.717) is 5.82 Å². The second-order valence-electron chi connectivity index (χ2n) is 3.67. The van der Waals surface area contributed by atoms with Crippen molar-refractivity contribution in [2.24, 2.45) is 0 Å². The van der Waals surface area contributed by atoms with Gasteiger partial charge in [0.2, 0.25) is 0 Å². The summed E-state index contributed by atoms with van der Waals surface area (Å²) < 4.78 is 0. The third-order valence-electron chi connectivity index (χ3n) is 2.41. The van der Waals surface area contributed by atoms with E-state index < -0.39 is 5.97 Å². The monoisotopic (exact) mass is 228 g/mol. The lowest BCUT2D eigenvalue weighted by Gasteiger charge is -2.01. The Balaban J connectivity index is 2.30. The average molecular weight is 228 g/mol. The number of hydrogen-bond acceptors (Lipinski definition) is 2. The smallest absolute Gasteiger partial charge is 0.328 e. The van der Waals surface area contributed by atoms with Crippen molar-refractivity contribution in [1.82, 2.24) is 9.97 Å². The lowest BCUT2D eigenvalue weighted by molar-refractivity contribution is -0.131. The highest BCUT2D eigenvalue weighted by atomic mass is 16.4. The van der Waals surface area contributed by atoms with Crippen LogP contribution in [-0.2, 0) is 4.79 Å². The van der Waals surface area contributed by atoms with E-state index in [2.05, 4.69) is 9.97 Å². The lowest BCUT2D eigenvalue weighted by atomic mass is 10.1. The van der Waals surface area contributed by atoms with E-state index in [1.165, 1.54) is 6.08 Å². The van der Waals surface area contributed by atoms with Gasteiger partial charge in [-0.3, -0.25) is 0 Å². The first kappa shape index (κ1) is 11.1. The van der Waals surface area contributed by atoms with Crippen molar-refractivity contribution in [1.29, 1.82) is 0 Å². The fourth-order valence-corrected chi connectivity index (χ4v) is 1.58. The second kappa shape index (κ2) is 4.65. The number of aromatic nitrogens is 2. The number of nitrogens with zero attached hydrogens (tertiary/aromatic N) is 1. The number of carbonyl (C=O) groups is 1. The Bertz CT molecular complexity index is 570. The molecule has 0 saturated carbocycles. The molecule has 0 aliphatic carbocycles. The van der Waals surface area contributed by atoms with Gasteiger partial charge < -0.3 is 10.1 Å². The van der Waals surface area contributed by atoms with Crippen molar-refractivity contribution < 1.29 is 9.90 Å². The first-order valence-electron chi connectivity index (χ1n) is 5.19. The van der Waals surface area contributed by atoms with Crippen molar-refractivity contribution >= 4 is 12.0 Å².